The molecule has 1 saturated heterocycles. The molecule has 11 N–H and O–H groups in total. The van der Waals surface area contributed by atoms with Gasteiger partial charge in [-0.25, -0.2) is 4.79 Å². The van der Waals surface area contributed by atoms with Gasteiger partial charge in [0.15, 0.2) is 5.96 Å². The lowest BCUT2D eigenvalue weighted by molar-refractivity contribution is -0.143. The number of carboxylic acid groups (broad SMARTS) is 2. The van der Waals surface area contributed by atoms with E-state index >= 15 is 0 Å². The van der Waals surface area contributed by atoms with Gasteiger partial charge in [-0.2, -0.15) is 0 Å². The summed E-state index contributed by atoms with van der Waals surface area (Å²) in [6.07, 6.45) is 0.349. The van der Waals surface area contributed by atoms with Gasteiger partial charge in [0, 0.05) is 12.3 Å². The Bertz CT molecular complexity index is 989. The van der Waals surface area contributed by atoms with Crippen LogP contribution in [-0.2, 0) is 33.6 Å². The summed E-state index contributed by atoms with van der Waals surface area (Å²) in [7, 11) is 0. The van der Waals surface area contributed by atoms with Gasteiger partial charge in [0.05, 0.1) is 24.8 Å². The molecule has 0 aromatic heterocycles. The van der Waals surface area contributed by atoms with Crippen LogP contribution in [0.2, 0.25) is 0 Å². The van der Waals surface area contributed by atoms with Crippen LogP contribution in [0.4, 0.5) is 0 Å². The molecule has 1 rings (SSSR count). The van der Waals surface area contributed by atoms with Crippen LogP contribution in [-0.4, -0.2) is 106 Å². The minimum atomic E-state index is -1.66. The molecular weight excluding hydrogens is 552 g/mol. The fourth-order valence-corrected chi connectivity index (χ4v) is 4.72. The Morgan fingerprint density at radius 2 is 1.50 bits per heavy atom. The molecular formula is C22H36N8O9S. The fourth-order valence-electron chi connectivity index (χ4n) is 3.43. The van der Waals surface area contributed by atoms with Crippen LogP contribution in [0.15, 0.2) is 4.99 Å². The van der Waals surface area contributed by atoms with Crippen LogP contribution < -0.4 is 38.1 Å². The highest BCUT2D eigenvalue weighted by Gasteiger charge is 2.31. The highest BCUT2D eigenvalue weighted by molar-refractivity contribution is 8.00. The average molecular weight is 589 g/mol. The molecule has 4 atom stereocenters. The number of nitrogens with one attached hydrogen (secondary N) is 5. The minimum Gasteiger partial charge on any atom is -0.481 e. The van der Waals surface area contributed by atoms with Gasteiger partial charge in [0.1, 0.15) is 18.1 Å². The van der Waals surface area contributed by atoms with E-state index in [1.54, 1.807) is 6.92 Å². The number of carbonyl (C=O) groups is 7. The van der Waals surface area contributed by atoms with Crippen LogP contribution in [0, 0.1) is 0 Å². The Balaban J connectivity index is 3.21. The Hall–Kier alpha value is -4.09. The quantitative estimate of drug-likeness (QED) is 0.0712. The summed E-state index contributed by atoms with van der Waals surface area (Å²) >= 11 is 0.930. The molecule has 1 unspecified atom stereocenters. The van der Waals surface area contributed by atoms with Gasteiger partial charge in [-0.15, -0.1) is 11.8 Å². The molecule has 0 bridgehead atoms. The molecule has 0 aromatic carbocycles. The first-order valence-electron chi connectivity index (χ1n) is 12.4. The third-order valence-corrected chi connectivity index (χ3v) is 6.77. The van der Waals surface area contributed by atoms with Gasteiger partial charge in [-0.1, -0.05) is 13.3 Å². The zero-order valence-electron chi connectivity index (χ0n) is 21.9. The monoisotopic (exact) mass is 588 g/mol. The molecule has 1 fully saturated rings. The van der Waals surface area contributed by atoms with Crippen molar-refractivity contribution in [3.8, 4) is 0 Å². The van der Waals surface area contributed by atoms with Crippen molar-refractivity contribution in [3.05, 3.63) is 0 Å². The maximum absolute atomic E-state index is 12.7. The predicted octanol–water partition coefficient (Wildman–Crippen LogP) is -3.80. The van der Waals surface area contributed by atoms with Crippen molar-refractivity contribution >= 4 is 59.2 Å². The van der Waals surface area contributed by atoms with E-state index in [1.807, 2.05) is 0 Å². The highest BCUT2D eigenvalue weighted by atomic mass is 32.2. The molecule has 17 nitrogen and oxygen atoms in total. The van der Waals surface area contributed by atoms with Gasteiger partial charge < -0.3 is 48.3 Å². The van der Waals surface area contributed by atoms with Crippen molar-refractivity contribution in [2.75, 3.05) is 25.4 Å². The second kappa shape index (κ2) is 17.5. The number of aliphatic carboxylic acids is 2. The molecule has 5 amide bonds. The number of carboxylic acids is 2. The predicted molar refractivity (Wildman–Crippen MR) is 143 cm³/mol. The summed E-state index contributed by atoms with van der Waals surface area (Å²) in [5, 5.41) is 29.5. The third kappa shape index (κ3) is 13.1. The first-order valence-corrected chi connectivity index (χ1v) is 13.4. The molecule has 0 saturated carbocycles. The number of thioether (sulfide) groups is 1. The van der Waals surface area contributed by atoms with Gasteiger partial charge >= 0.3 is 11.9 Å². The first-order chi connectivity index (χ1) is 18.8. The van der Waals surface area contributed by atoms with E-state index in [0.717, 1.165) is 11.8 Å². The van der Waals surface area contributed by atoms with Crippen molar-refractivity contribution in [3.63, 3.8) is 0 Å². The van der Waals surface area contributed by atoms with E-state index in [-0.39, 0.29) is 31.1 Å². The van der Waals surface area contributed by atoms with Gasteiger partial charge in [-0.05, 0) is 19.3 Å². The zero-order valence-corrected chi connectivity index (χ0v) is 22.8. The van der Waals surface area contributed by atoms with Crippen LogP contribution >= 0.6 is 11.8 Å². The Labute approximate surface area is 234 Å². The molecule has 0 aromatic rings. The van der Waals surface area contributed by atoms with E-state index in [1.165, 1.54) is 0 Å². The second-order valence-corrected chi connectivity index (χ2v) is 9.97. The molecule has 0 aliphatic carbocycles. The molecule has 1 aliphatic heterocycles. The maximum Gasteiger partial charge on any atom is 0.327 e. The Kier molecular flexibility index (Phi) is 14.8. The highest BCUT2D eigenvalue weighted by Crippen LogP contribution is 2.18. The molecule has 1 heterocycles. The van der Waals surface area contributed by atoms with Gasteiger partial charge in [-0.3, -0.25) is 33.8 Å². The van der Waals surface area contributed by atoms with Crippen LogP contribution in [0.5, 0.6) is 0 Å². The van der Waals surface area contributed by atoms with E-state index in [0.29, 0.717) is 12.8 Å². The number of nitrogens with two attached hydrogens (primary N) is 2. The van der Waals surface area contributed by atoms with Crippen LogP contribution in [0.25, 0.3) is 0 Å². The molecule has 224 valence electrons. The van der Waals surface area contributed by atoms with E-state index < -0.39 is 84.4 Å². The smallest absolute Gasteiger partial charge is 0.327 e. The first kappa shape index (κ1) is 33.9. The van der Waals surface area contributed by atoms with Crippen molar-refractivity contribution in [2.24, 2.45) is 16.5 Å². The van der Waals surface area contributed by atoms with Gasteiger partial charge in [0.2, 0.25) is 29.5 Å². The second-order valence-electron chi connectivity index (χ2n) is 8.73. The number of guanidine groups is 1. The number of aliphatic imine (C=N–C) groups is 1. The van der Waals surface area contributed by atoms with Crippen molar-refractivity contribution < 1.29 is 43.8 Å². The Morgan fingerprint density at radius 3 is 2.05 bits per heavy atom. The number of nitrogens with zero attached hydrogens (tertiary/aromatic N) is 1. The molecule has 0 radical (unpaired) electrons. The van der Waals surface area contributed by atoms with Crippen molar-refractivity contribution in [2.45, 2.75) is 62.4 Å². The van der Waals surface area contributed by atoms with E-state index in [2.05, 4.69) is 31.6 Å². The lowest BCUT2D eigenvalue weighted by Crippen LogP contribution is -2.56. The topological polar surface area (TPSA) is 284 Å². The van der Waals surface area contributed by atoms with Gasteiger partial charge in [0.25, 0.3) is 0 Å². The third-order valence-electron chi connectivity index (χ3n) is 5.40. The number of amides is 5. The van der Waals surface area contributed by atoms with Crippen molar-refractivity contribution in [1.82, 2.24) is 26.6 Å². The molecule has 1 aliphatic rings. The van der Waals surface area contributed by atoms with E-state index in [4.69, 9.17) is 11.5 Å². The average Bonchev–Trinajstić information content (AvgIpc) is 2.87. The standard InChI is InChI=1S/C22H36N8O9S/c1-2-4-14-20(37)27-9-15(31)28-11(5-3-6-25-22(23)24)18(35)26-8-16(32)29-12(7-17(33)34)19(36)30-13(10-40-14)21(38)39/h11-14H,2-10H2,1H3,(H,26,35)(H,27,37)(H,28,31)(H,29,32)(H,30,36)(H,33,34)(H,38,39)(H4,23,24,25)/t11-,12-,13-,14?/m0/s1. The largest absolute Gasteiger partial charge is 0.481 e. The molecule has 18 heteroatoms. The summed E-state index contributed by atoms with van der Waals surface area (Å²) in [4.78, 5) is 90.0. The summed E-state index contributed by atoms with van der Waals surface area (Å²) in [5.74, 6) is -7.33. The normalized spacial score (nSPS) is 23.7. The summed E-state index contributed by atoms with van der Waals surface area (Å²) < 4.78 is 0. The van der Waals surface area contributed by atoms with Crippen LogP contribution in [0.3, 0.4) is 0 Å². The fraction of sp³-hybridized carbons (Fsp3) is 0.636. The Morgan fingerprint density at radius 1 is 0.900 bits per heavy atom. The minimum absolute atomic E-state index is 0.0683. The maximum atomic E-state index is 12.7. The SMILES string of the molecule is CCCC1SC[C@@H](C(=O)O)NC(=O)[C@H](CC(=O)O)NC(=O)CNC(=O)[C@H](CCCN=C(N)N)NC(=O)CNC1=O. The number of hydrogen-bond acceptors (Lipinski definition) is 9. The number of hydrogen-bond donors (Lipinski definition) is 9. The number of rotatable bonds is 9. The number of carbonyl (C=O) groups excluding carboxylic acids is 5. The lowest BCUT2D eigenvalue weighted by Gasteiger charge is -2.23. The summed E-state index contributed by atoms with van der Waals surface area (Å²) in [6, 6.07) is -4.31. The molecule has 0 spiro atoms. The lowest BCUT2D eigenvalue weighted by atomic mass is 10.1. The summed E-state index contributed by atoms with van der Waals surface area (Å²) in [6.45, 7) is 0.787. The van der Waals surface area contributed by atoms with Crippen molar-refractivity contribution in [1.29, 1.82) is 0 Å². The molecule has 40 heavy (non-hydrogen) atoms. The van der Waals surface area contributed by atoms with E-state index in [9.17, 15) is 43.8 Å². The zero-order chi connectivity index (χ0) is 30.2. The van der Waals surface area contributed by atoms with Crippen LogP contribution in [0.1, 0.15) is 39.0 Å². The summed E-state index contributed by atoms with van der Waals surface area (Å²) in [5.41, 5.74) is 10.6.